The van der Waals surface area contributed by atoms with E-state index in [4.69, 9.17) is 0 Å². The minimum Gasteiger partial charge on any atom is -0.0654 e. The average Bonchev–Trinajstić information content (AvgIpc) is 2.77. The van der Waals surface area contributed by atoms with Gasteiger partial charge in [0.15, 0.2) is 0 Å². The zero-order valence-electron chi connectivity index (χ0n) is 24.3. The summed E-state index contributed by atoms with van der Waals surface area (Å²) >= 11 is 0. The van der Waals surface area contributed by atoms with Crippen molar-refractivity contribution in [1.82, 2.24) is 0 Å². The second-order valence-electron chi connectivity index (χ2n) is 13.0. The predicted octanol–water partition coefficient (Wildman–Crippen LogP) is 11.3. The maximum absolute atomic E-state index is 2.50. The van der Waals surface area contributed by atoms with Crippen LogP contribution in [-0.4, -0.2) is 0 Å². The Hall–Kier alpha value is -1.56. The molecule has 0 bridgehead atoms. The first-order chi connectivity index (χ1) is 15.9. The molecule has 0 N–H and O–H groups in total. The summed E-state index contributed by atoms with van der Waals surface area (Å²) in [6.45, 7) is 23.6. The van der Waals surface area contributed by atoms with Crippen molar-refractivity contribution in [3.63, 3.8) is 0 Å². The van der Waals surface area contributed by atoms with E-state index in [0.29, 0.717) is 11.8 Å². The highest BCUT2D eigenvalue weighted by atomic mass is 14.3. The molecule has 2 rings (SSSR count). The number of benzene rings is 2. The highest BCUT2D eigenvalue weighted by molar-refractivity contribution is 5.68. The smallest absolute Gasteiger partial charge is 0.0132 e. The Morgan fingerprint density at radius 3 is 1.18 bits per heavy atom. The van der Waals surface area contributed by atoms with Crippen LogP contribution in [0.1, 0.15) is 155 Å². The van der Waals surface area contributed by atoms with E-state index in [0.717, 1.165) is 0 Å². The third-order valence-corrected chi connectivity index (χ3v) is 7.60. The lowest BCUT2D eigenvalue weighted by Crippen LogP contribution is -2.13. The Morgan fingerprint density at radius 2 is 0.882 bits per heavy atom. The van der Waals surface area contributed by atoms with Crippen LogP contribution >= 0.6 is 0 Å². The minimum atomic E-state index is 0.145. The van der Waals surface area contributed by atoms with Crippen molar-refractivity contribution in [2.24, 2.45) is 0 Å². The molecule has 2 atom stereocenters. The first kappa shape index (κ1) is 28.7. The highest BCUT2D eigenvalue weighted by Crippen LogP contribution is 2.37. The Balaban J connectivity index is 2.58. The van der Waals surface area contributed by atoms with Crippen LogP contribution in [0.3, 0.4) is 0 Å². The molecule has 2 unspecified atom stereocenters. The molecule has 0 fully saturated rings. The molecule has 34 heavy (non-hydrogen) atoms. The third-order valence-electron chi connectivity index (χ3n) is 7.60. The van der Waals surface area contributed by atoms with Crippen molar-refractivity contribution in [2.45, 2.75) is 143 Å². The molecule has 0 radical (unpaired) electrons. The van der Waals surface area contributed by atoms with Crippen LogP contribution < -0.4 is 0 Å². The van der Waals surface area contributed by atoms with E-state index in [1.54, 1.807) is 0 Å². The molecule has 0 saturated carbocycles. The zero-order valence-corrected chi connectivity index (χ0v) is 24.3. The van der Waals surface area contributed by atoms with Gasteiger partial charge in [-0.05, 0) is 68.9 Å². The lowest BCUT2D eigenvalue weighted by molar-refractivity contribution is 0.577. The summed E-state index contributed by atoms with van der Waals surface area (Å²) in [7, 11) is 0. The fourth-order valence-electron chi connectivity index (χ4n) is 4.81. The molecule has 0 aliphatic carbocycles. The topological polar surface area (TPSA) is 0 Å². The molecule has 0 aromatic heterocycles. The quantitative estimate of drug-likeness (QED) is 0.291. The van der Waals surface area contributed by atoms with Gasteiger partial charge < -0.3 is 0 Å². The summed E-state index contributed by atoms with van der Waals surface area (Å²) in [4.78, 5) is 0. The SMILES string of the molecule is CCCCCC(C)c1cc(-c2cc(C(C)CCCCC)cc(C(C)(C)C)c2)cc(C(C)(C)C)c1. The average molecular weight is 463 g/mol. The second-order valence-corrected chi connectivity index (χ2v) is 13.0. The summed E-state index contributed by atoms with van der Waals surface area (Å²) in [5.41, 5.74) is 9.03. The fourth-order valence-corrected chi connectivity index (χ4v) is 4.81. The van der Waals surface area contributed by atoms with Crippen molar-refractivity contribution >= 4 is 0 Å². The van der Waals surface area contributed by atoms with Crippen molar-refractivity contribution in [3.05, 3.63) is 58.7 Å². The van der Waals surface area contributed by atoms with Gasteiger partial charge in [-0.2, -0.15) is 0 Å². The first-order valence-corrected chi connectivity index (χ1v) is 14.2. The summed E-state index contributed by atoms with van der Waals surface area (Å²) in [6.07, 6.45) is 10.5. The van der Waals surface area contributed by atoms with Crippen LogP contribution in [0.5, 0.6) is 0 Å². The van der Waals surface area contributed by atoms with Gasteiger partial charge in [0.25, 0.3) is 0 Å². The van der Waals surface area contributed by atoms with E-state index < -0.39 is 0 Å². The summed E-state index contributed by atoms with van der Waals surface area (Å²) in [5.74, 6) is 1.21. The van der Waals surface area contributed by atoms with Crippen LogP contribution in [0, 0.1) is 0 Å². The van der Waals surface area contributed by atoms with E-state index in [2.05, 4.69) is 106 Å². The molecule has 0 nitrogen and oxygen atoms in total. The molecule has 0 aliphatic rings. The number of hydrogen-bond donors (Lipinski definition) is 0. The lowest BCUT2D eigenvalue weighted by atomic mass is 9.79. The van der Waals surface area contributed by atoms with Crippen molar-refractivity contribution < 1.29 is 0 Å². The van der Waals surface area contributed by atoms with Crippen LogP contribution in [0.4, 0.5) is 0 Å². The third kappa shape index (κ3) is 8.28. The molecule has 2 aromatic carbocycles. The van der Waals surface area contributed by atoms with Crippen molar-refractivity contribution in [3.8, 4) is 11.1 Å². The van der Waals surface area contributed by atoms with E-state index >= 15 is 0 Å². The molecular formula is C34H54. The van der Waals surface area contributed by atoms with E-state index in [-0.39, 0.29) is 10.8 Å². The fraction of sp³-hybridized carbons (Fsp3) is 0.647. The van der Waals surface area contributed by atoms with Crippen molar-refractivity contribution in [2.75, 3.05) is 0 Å². The molecule has 0 amide bonds. The lowest BCUT2D eigenvalue weighted by Gasteiger charge is -2.26. The standard InChI is InChI=1S/C34H54/c1-11-13-15-17-25(3)27-19-29(23-31(21-27)33(5,6)7)30-20-28(26(4)18-16-14-12-2)22-32(24-30)34(8,9)10/h19-26H,11-18H2,1-10H3. The van der Waals surface area contributed by atoms with Crippen LogP contribution in [-0.2, 0) is 10.8 Å². The number of unbranched alkanes of at least 4 members (excludes halogenated alkanes) is 4. The molecule has 190 valence electrons. The van der Waals surface area contributed by atoms with Gasteiger partial charge in [-0.1, -0.05) is 144 Å². The van der Waals surface area contributed by atoms with E-state index in [1.807, 2.05) is 0 Å². The van der Waals surface area contributed by atoms with Crippen LogP contribution in [0.15, 0.2) is 36.4 Å². The van der Waals surface area contributed by atoms with Crippen molar-refractivity contribution in [1.29, 1.82) is 0 Å². The van der Waals surface area contributed by atoms with Gasteiger partial charge in [-0.15, -0.1) is 0 Å². The van der Waals surface area contributed by atoms with Gasteiger partial charge in [0.2, 0.25) is 0 Å². The first-order valence-electron chi connectivity index (χ1n) is 14.2. The Kier molecular flexibility index (Phi) is 10.5. The van der Waals surface area contributed by atoms with Crippen LogP contribution in [0.2, 0.25) is 0 Å². The molecular weight excluding hydrogens is 408 g/mol. The Bertz CT molecular complexity index is 812. The van der Waals surface area contributed by atoms with Gasteiger partial charge in [0.05, 0.1) is 0 Å². The molecule has 0 aliphatic heterocycles. The highest BCUT2D eigenvalue weighted by Gasteiger charge is 2.21. The summed E-state index contributed by atoms with van der Waals surface area (Å²) < 4.78 is 0. The minimum absolute atomic E-state index is 0.145. The van der Waals surface area contributed by atoms with Gasteiger partial charge in [0, 0.05) is 0 Å². The van der Waals surface area contributed by atoms with Gasteiger partial charge in [-0.25, -0.2) is 0 Å². The molecule has 0 saturated heterocycles. The maximum atomic E-state index is 2.50. The predicted molar refractivity (Wildman–Crippen MR) is 154 cm³/mol. The van der Waals surface area contributed by atoms with Crippen LogP contribution in [0.25, 0.3) is 11.1 Å². The number of hydrogen-bond acceptors (Lipinski definition) is 0. The zero-order chi connectivity index (χ0) is 25.5. The Labute approximate surface area is 213 Å². The number of rotatable bonds is 11. The molecule has 0 heterocycles. The van der Waals surface area contributed by atoms with Gasteiger partial charge in [0.1, 0.15) is 0 Å². The Morgan fingerprint density at radius 1 is 0.529 bits per heavy atom. The molecule has 0 spiro atoms. The van der Waals surface area contributed by atoms with E-state index in [1.165, 1.54) is 84.7 Å². The summed E-state index contributed by atoms with van der Waals surface area (Å²) in [5, 5.41) is 0. The largest absolute Gasteiger partial charge is 0.0654 e. The van der Waals surface area contributed by atoms with Gasteiger partial charge in [-0.3, -0.25) is 0 Å². The molecule has 0 heteroatoms. The monoisotopic (exact) mass is 462 g/mol. The van der Waals surface area contributed by atoms with E-state index in [9.17, 15) is 0 Å². The van der Waals surface area contributed by atoms with Gasteiger partial charge >= 0.3 is 0 Å². The normalized spacial score (nSPS) is 14.3. The molecule has 2 aromatic rings. The second kappa shape index (κ2) is 12.4. The summed E-state index contributed by atoms with van der Waals surface area (Å²) in [6, 6.07) is 14.9. The maximum Gasteiger partial charge on any atom is -0.0132 e.